The summed E-state index contributed by atoms with van der Waals surface area (Å²) in [4.78, 5) is 22.0. The van der Waals surface area contributed by atoms with Crippen molar-refractivity contribution in [2.24, 2.45) is 0 Å². The second kappa shape index (κ2) is 6.66. The number of fused-ring (bicyclic) bond motifs is 1. The Kier molecular flexibility index (Phi) is 4.28. The zero-order valence-electron chi connectivity index (χ0n) is 14.6. The Morgan fingerprint density at radius 2 is 2.14 bits per heavy atom. The summed E-state index contributed by atoms with van der Waals surface area (Å²) in [6, 6.07) is 5.21. The van der Waals surface area contributed by atoms with E-state index in [-0.39, 0.29) is 12.0 Å². The number of halogens is 3. The van der Waals surface area contributed by atoms with Crippen LogP contribution in [0.15, 0.2) is 36.8 Å². The number of aromatic nitrogens is 4. The zero-order valence-corrected chi connectivity index (χ0v) is 14.6. The van der Waals surface area contributed by atoms with E-state index in [0.29, 0.717) is 23.5 Å². The summed E-state index contributed by atoms with van der Waals surface area (Å²) in [7, 11) is 0. The molecule has 0 bridgehead atoms. The van der Waals surface area contributed by atoms with Gasteiger partial charge in [-0.05, 0) is 25.1 Å². The molecule has 3 heterocycles. The number of carbonyl (C=O) groups excluding carboxylic acids is 1. The fourth-order valence-corrected chi connectivity index (χ4v) is 2.92. The molecule has 1 aliphatic rings. The third-order valence-corrected chi connectivity index (χ3v) is 4.16. The van der Waals surface area contributed by atoms with Gasteiger partial charge in [0.25, 0.3) is 0 Å². The summed E-state index contributed by atoms with van der Waals surface area (Å²) < 4.78 is 43.1. The molecule has 1 aliphatic heterocycles. The summed E-state index contributed by atoms with van der Waals surface area (Å²) in [5.41, 5.74) is 1.55. The summed E-state index contributed by atoms with van der Waals surface area (Å²) in [5.74, 6) is 0.202. The Morgan fingerprint density at radius 3 is 2.86 bits per heavy atom. The summed E-state index contributed by atoms with van der Waals surface area (Å²) in [6.45, 7) is 1.01. The van der Waals surface area contributed by atoms with Gasteiger partial charge < -0.3 is 10.1 Å². The molecule has 0 aliphatic carbocycles. The van der Waals surface area contributed by atoms with E-state index in [1.807, 2.05) is 6.92 Å². The highest BCUT2D eigenvalue weighted by atomic mass is 19.4. The Morgan fingerprint density at radius 1 is 1.32 bits per heavy atom. The molecule has 0 spiro atoms. The average Bonchev–Trinajstić information content (AvgIpc) is 3.18. The van der Waals surface area contributed by atoms with Crippen molar-refractivity contribution in [1.82, 2.24) is 19.7 Å². The smallest absolute Gasteiger partial charge is 0.414 e. The van der Waals surface area contributed by atoms with Gasteiger partial charge >= 0.3 is 12.3 Å². The van der Waals surface area contributed by atoms with Crippen LogP contribution in [0.1, 0.15) is 6.92 Å². The first-order valence-corrected chi connectivity index (χ1v) is 8.37. The SMILES string of the molecule is C[C@H]1COC(=O)N1c1ccc2cnc(Nc3cnn(CC(F)(F)F)c3)nc2c1. The molecule has 0 saturated carbocycles. The molecule has 2 aromatic heterocycles. The van der Waals surface area contributed by atoms with Crippen LogP contribution < -0.4 is 10.2 Å². The highest BCUT2D eigenvalue weighted by Gasteiger charge is 2.31. The van der Waals surface area contributed by atoms with Crippen molar-refractivity contribution < 1.29 is 22.7 Å². The molecule has 1 saturated heterocycles. The van der Waals surface area contributed by atoms with E-state index >= 15 is 0 Å². The van der Waals surface area contributed by atoms with Crippen LogP contribution in [0.2, 0.25) is 0 Å². The van der Waals surface area contributed by atoms with Crippen molar-refractivity contribution in [3.8, 4) is 0 Å². The van der Waals surface area contributed by atoms with Gasteiger partial charge in [0, 0.05) is 23.5 Å². The van der Waals surface area contributed by atoms with Crippen molar-refractivity contribution in [2.45, 2.75) is 25.7 Å². The molecular formula is C17H15F3N6O2. The number of alkyl halides is 3. The lowest BCUT2D eigenvalue weighted by Gasteiger charge is -2.18. The van der Waals surface area contributed by atoms with E-state index in [1.165, 1.54) is 17.3 Å². The van der Waals surface area contributed by atoms with Gasteiger partial charge in [-0.15, -0.1) is 0 Å². The number of anilines is 3. The van der Waals surface area contributed by atoms with Gasteiger partial charge in [0.1, 0.15) is 13.2 Å². The van der Waals surface area contributed by atoms with E-state index in [1.54, 1.807) is 24.4 Å². The van der Waals surface area contributed by atoms with Crippen LogP contribution in [0.5, 0.6) is 0 Å². The first-order valence-electron chi connectivity index (χ1n) is 8.37. The predicted molar refractivity (Wildman–Crippen MR) is 94.4 cm³/mol. The number of amides is 1. The molecule has 1 N–H and O–H groups in total. The first-order chi connectivity index (χ1) is 13.3. The summed E-state index contributed by atoms with van der Waals surface area (Å²) >= 11 is 0. The van der Waals surface area contributed by atoms with Gasteiger partial charge in [0.15, 0.2) is 0 Å². The van der Waals surface area contributed by atoms with Crippen molar-refractivity contribution in [3.05, 3.63) is 36.8 Å². The molecule has 8 nitrogen and oxygen atoms in total. The van der Waals surface area contributed by atoms with Gasteiger partial charge in [-0.1, -0.05) is 0 Å². The zero-order chi connectivity index (χ0) is 19.9. The molecule has 28 heavy (non-hydrogen) atoms. The third kappa shape index (κ3) is 3.68. The monoisotopic (exact) mass is 392 g/mol. The minimum absolute atomic E-state index is 0.0937. The van der Waals surface area contributed by atoms with E-state index in [9.17, 15) is 18.0 Å². The molecule has 1 atom stereocenters. The van der Waals surface area contributed by atoms with Gasteiger partial charge in [0.2, 0.25) is 5.95 Å². The van der Waals surface area contributed by atoms with Gasteiger partial charge in [-0.25, -0.2) is 14.8 Å². The molecule has 1 amide bonds. The number of hydrogen-bond acceptors (Lipinski definition) is 6. The van der Waals surface area contributed by atoms with Gasteiger partial charge in [-0.3, -0.25) is 9.58 Å². The van der Waals surface area contributed by atoms with Crippen LogP contribution in [0, 0.1) is 0 Å². The van der Waals surface area contributed by atoms with E-state index in [2.05, 4.69) is 20.4 Å². The van der Waals surface area contributed by atoms with Gasteiger partial charge in [-0.2, -0.15) is 18.3 Å². The van der Waals surface area contributed by atoms with Crippen molar-refractivity contribution in [1.29, 1.82) is 0 Å². The molecule has 0 unspecified atom stereocenters. The van der Waals surface area contributed by atoms with E-state index < -0.39 is 18.8 Å². The van der Waals surface area contributed by atoms with E-state index in [4.69, 9.17) is 4.74 Å². The number of cyclic esters (lactones) is 1. The van der Waals surface area contributed by atoms with Crippen LogP contribution in [-0.4, -0.2) is 44.7 Å². The molecule has 1 aromatic carbocycles. The lowest BCUT2D eigenvalue weighted by molar-refractivity contribution is -0.142. The minimum Gasteiger partial charge on any atom is -0.447 e. The predicted octanol–water partition coefficient (Wildman–Crippen LogP) is 3.48. The Hall–Kier alpha value is -3.37. The molecule has 0 radical (unpaired) electrons. The van der Waals surface area contributed by atoms with Crippen molar-refractivity contribution in [3.63, 3.8) is 0 Å². The Balaban J connectivity index is 1.58. The maximum Gasteiger partial charge on any atom is 0.414 e. The number of rotatable bonds is 4. The number of hydrogen-bond donors (Lipinski definition) is 1. The molecule has 4 rings (SSSR count). The lowest BCUT2D eigenvalue weighted by Crippen LogP contribution is -2.30. The van der Waals surface area contributed by atoms with Gasteiger partial charge in [0.05, 0.1) is 23.4 Å². The standard InChI is InChI=1S/C17H15F3N6O2/c1-10-8-28-16(27)26(10)13-3-2-11-5-21-15(24-14(11)4-13)23-12-6-22-25(7-12)9-17(18,19)20/h2-7,10H,8-9H2,1H3,(H,21,23,24)/t10-/m0/s1. The second-order valence-electron chi connectivity index (χ2n) is 6.40. The Bertz CT molecular complexity index is 1040. The molecule has 1 fully saturated rings. The van der Waals surface area contributed by atoms with Crippen molar-refractivity contribution >= 4 is 34.3 Å². The second-order valence-corrected chi connectivity index (χ2v) is 6.40. The highest BCUT2D eigenvalue weighted by Crippen LogP contribution is 2.27. The number of carbonyl (C=O) groups is 1. The normalized spacial score (nSPS) is 17.2. The quantitative estimate of drug-likeness (QED) is 0.732. The third-order valence-electron chi connectivity index (χ3n) is 4.16. The van der Waals surface area contributed by atoms with Crippen LogP contribution in [-0.2, 0) is 11.3 Å². The molecular weight excluding hydrogens is 377 g/mol. The largest absolute Gasteiger partial charge is 0.447 e. The van der Waals surface area contributed by atoms with Crippen LogP contribution in [0.3, 0.4) is 0 Å². The topological polar surface area (TPSA) is 85.2 Å². The highest BCUT2D eigenvalue weighted by molar-refractivity contribution is 5.93. The summed E-state index contributed by atoms with van der Waals surface area (Å²) in [5, 5.41) is 7.25. The summed E-state index contributed by atoms with van der Waals surface area (Å²) in [6.07, 6.45) is -0.707. The number of benzene rings is 1. The van der Waals surface area contributed by atoms with E-state index in [0.717, 1.165) is 10.1 Å². The maximum atomic E-state index is 12.4. The fraction of sp³-hybridized carbons (Fsp3) is 0.294. The maximum absolute atomic E-state index is 12.4. The van der Waals surface area contributed by atoms with Crippen molar-refractivity contribution in [2.75, 3.05) is 16.8 Å². The Labute approximate surface area is 156 Å². The molecule has 11 heteroatoms. The average molecular weight is 392 g/mol. The number of nitrogens with one attached hydrogen (secondary N) is 1. The fourth-order valence-electron chi connectivity index (χ4n) is 2.92. The first kappa shape index (κ1) is 18.0. The number of ether oxygens (including phenoxy) is 1. The molecule has 3 aromatic rings. The van der Waals surface area contributed by atoms with Crippen LogP contribution in [0.4, 0.5) is 35.3 Å². The minimum atomic E-state index is -4.35. The van der Waals surface area contributed by atoms with Crippen LogP contribution >= 0.6 is 0 Å². The lowest BCUT2D eigenvalue weighted by atomic mass is 10.2. The molecule has 146 valence electrons. The van der Waals surface area contributed by atoms with Crippen LogP contribution in [0.25, 0.3) is 10.9 Å². The number of nitrogens with zero attached hydrogens (tertiary/aromatic N) is 5.